The zero-order valence-corrected chi connectivity index (χ0v) is 19.8. The Morgan fingerprint density at radius 2 is 2.06 bits per heavy atom. The molecule has 3 aliphatic carbocycles. The molecule has 2 aromatic rings. The summed E-state index contributed by atoms with van der Waals surface area (Å²) in [6.07, 6.45) is 20.9. The molecule has 170 valence electrons. The van der Waals surface area contributed by atoms with E-state index in [0.717, 1.165) is 19.4 Å². The normalized spacial score (nSPS) is 40.7. The van der Waals surface area contributed by atoms with Crippen LogP contribution in [0.4, 0.5) is 0 Å². The highest BCUT2D eigenvalue weighted by molar-refractivity contribution is 5.82. The third-order valence-corrected chi connectivity index (χ3v) is 9.94. The molecule has 0 unspecified atom stereocenters. The van der Waals surface area contributed by atoms with Crippen molar-refractivity contribution in [1.29, 1.82) is 0 Å². The maximum Gasteiger partial charge on any atom is 0.0975 e. The van der Waals surface area contributed by atoms with Gasteiger partial charge in [-0.1, -0.05) is 43.4 Å². The van der Waals surface area contributed by atoms with Gasteiger partial charge in [-0.25, -0.2) is 0 Å². The first-order valence-corrected chi connectivity index (χ1v) is 12.9. The fourth-order valence-corrected chi connectivity index (χ4v) is 8.42. The van der Waals surface area contributed by atoms with Gasteiger partial charge in [0, 0.05) is 24.3 Å². The van der Waals surface area contributed by atoms with E-state index in [1.54, 1.807) is 0 Å². The molecule has 33 heavy (non-hydrogen) atoms. The molecule has 1 aromatic carbocycles. The largest absolute Gasteiger partial charge is 0.359 e. The molecule has 3 heterocycles. The fourth-order valence-electron chi connectivity index (χ4n) is 8.42. The maximum absolute atomic E-state index is 7.36. The predicted octanol–water partition coefficient (Wildman–Crippen LogP) is 6.09. The van der Waals surface area contributed by atoms with Crippen molar-refractivity contribution in [2.75, 3.05) is 13.6 Å². The van der Waals surface area contributed by atoms with Crippen molar-refractivity contribution in [2.24, 2.45) is 17.3 Å². The number of allylic oxidation sites excluding steroid dienone is 1. The van der Waals surface area contributed by atoms with Crippen molar-refractivity contribution in [3.8, 4) is 0 Å². The minimum absolute atomic E-state index is 0.0709. The van der Waals surface area contributed by atoms with Crippen LogP contribution >= 0.6 is 0 Å². The summed E-state index contributed by atoms with van der Waals surface area (Å²) in [7, 11) is 2.06. The van der Waals surface area contributed by atoms with E-state index in [2.05, 4.69) is 72.8 Å². The van der Waals surface area contributed by atoms with Gasteiger partial charge in [-0.15, -0.1) is 0 Å². The third kappa shape index (κ3) is 2.67. The lowest BCUT2D eigenvalue weighted by Gasteiger charge is -2.53. The fraction of sp³-hybridized carbons (Fsp3) is 0.500. The minimum Gasteiger partial charge on any atom is -0.359 e. The first-order valence-electron chi connectivity index (χ1n) is 12.9. The molecule has 2 aliphatic heterocycles. The molecule has 2 fully saturated rings. The molecular formula is C30H34N2O. The summed E-state index contributed by atoms with van der Waals surface area (Å²) < 4.78 is 7.36. The second-order valence-electron chi connectivity index (χ2n) is 11.5. The number of nitrogens with one attached hydrogen (secondary N) is 1. The van der Waals surface area contributed by atoms with Crippen LogP contribution in [0.25, 0.3) is 10.8 Å². The number of benzene rings is 1. The van der Waals surface area contributed by atoms with Crippen molar-refractivity contribution >= 4 is 10.8 Å². The number of hydrogen-bond donors (Lipinski definition) is 1. The Morgan fingerprint density at radius 1 is 1.12 bits per heavy atom. The van der Waals surface area contributed by atoms with Crippen LogP contribution in [0, 0.1) is 17.3 Å². The van der Waals surface area contributed by atoms with Crippen molar-refractivity contribution < 1.29 is 4.74 Å². The van der Waals surface area contributed by atoms with Crippen LogP contribution in [0.2, 0.25) is 0 Å². The summed E-state index contributed by atoms with van der Waals surface area (Å²) in [5.74, 6) is 1.73. The van der Waals surface area contributed by atoms with Gasteiger partial charge in [0.05, 0.1) is 11.2 Å². The highest BCUT2D eigenvalue weighted by Crippen LogP contribution is 2.69. The summed E-state index contributed by atoms with van der Waals surface area (Å²) in [6, 6.07) is 9.19. The van der Waals surface area contributed by atoms with Gasteiger partial charge in [-0.3, -0.25) is 4.98 Å². The van der Waals surface area contributed by atoms with E-state index in [4.69, 9.17) is 4.74 Å². The van der Waals surface area contributed by atoms with E-state index in [1.165, 1.54) is 53.2 Å². The predicted molar refractivity (Wildman–Crippen MR) is 133 cm³/mol. The number of nitrogens with zero attached hydrogens (tertiary/aromatic N) is 1. The Labute approximate surface area is 197 Å². The number of fused-ring (bicyclic) bond motifs is 2. The lowest BCUT2D eigenvalue weighted by atomic mass is 9.58. The van der Waals surface area contributed by atoms with E-state index in [9.17, 15) is 0 Å². The zero-order valence-electron chi connectivity index (χ0n) is 19.8. The van der Waals surface area contributed by atoms with E-state index >= 15 is 0 Å². The molecule has 1 saturated carbocycles. The summed E-state index contributed by atoms with van der Waals surface area (Å²) in [5, 5.41) is 5.92. The van der Waals surface area contributed by atoms with Crippen molar-refractivity contribution in [1.82, 2.24) is 10.3 Å². The Morgan fingerprint density at radius 3 is 2.97 bits per heavy atom. The van der Waals surface area contributed by atoms with Crippen LogP contribution < -0.4 is 5.32 Å². The average Bonchev–Trinajstić information content (AvgIpc) is 3.34. The number of ether oxygens (including phenoxy) is 1. The number of pyridine rings is 1. The van der Waals surface area contributed by atoms with Crippen LogP contribution in [-0.4, -0.2) is 29.8 Å². The van der Waals surface area contributed by atoms with Crippen LogP contribution in [-0.2, 0) is 4.74 Å². The Kier molecular flexibility index (Phi) is 4.22. The Balaban J connectivity index is 1.28. The number of hydrogen-bond acceptors (Lipinski definition) is 3. The Bertz CT molecular complexity index is 1230. The van der Waals surface area contributed by atoms with Gasteiger partial charge in [0.15, 0.2) is 0 Å². The molecule has 0 amide bonds. The summed E-state index contributed by atoms with van der Waals surface area (Å²) in [5.41, 5.74) is 4.48. The smallest absolute Gasteiger partial charge is 0.0975 e. The molecule has 1 saturated heterocycles. The topological polar surface area (TPSA) is 34.2 Å². The van der Waals surface area contributed by atoms with Gasteiger partial charge < -0.3 is 10.1 Å². The van der Waals surface area contributed by atoms with Crippen molar-refractivity contribution in [2.45, 2.75) is 62.6 Å². The van der Waals surface area contributed by atoms with E-state index in [0.29, 0.717) is 17.8 Å². The minimum atomic E-state index is -0.0843. The van der Waals surface area contributed by atoms with Gasteiger partial charge in [0.1, 0.15) is 0 Å². The van der Waals surface area contributed by atoms with Crippen molar-refractivity contribution in [3.63, 3.8) is 0 Å². The van der Waals surface area contributed by atoms with Crippen LogP contribution in [0.3, 0.4) is 0 Å². The first-order chi connectivity index (χ1) is 16.1. The van der Waals surface area contributed by atoms with Gasteiger partial charge in [0.2, 0.25) is 0 Å². The number of aromatic nitrogens is 1. The summed E-state index contributed by atoms with van der Waals surface area (Å²) >= 11 is 0. The molecule has 3 heteroatoms. The monoisotopic (exact) mass is 438 g/mol. The summed E-state index contributed by atoms with van der Waals surface area (Å²) in [4.78, 5) is 4.37. The van der Waals surface area contributed by atoms with Gasteiger partial charge in [-0.2, -0.15) is 0 Å². The molecule has 3 nitrogen and oxygen atoms in total. The lowest BCUT2D eigenvalue weighted by Crippen LogP contribution is -2.53. The van der Waals surface area contributed by atoms with Crippen LogP contribution in [0.15, 0.2) is 72.1 Å². The SMILES string of the molecule is CNC[C@@H]1C=CC2=CC3=CC[C@@]4(C)[C@@H](CC[C@H]4c4ccc5ccncc5c4)[C@@]34CC[C@]2(C1)O4. The van der Waals surface area contributed by atoms with Gasteiger partial charge in [0.25, 0.3) is 0 Å². The molecule has 5 aliphatic rings. The molecule has 1 aromatic heterocycles. The van der Waals surface area contributed by atoms with Gasteiger partial charge >= 0.3 is 0 Å². The second-order valence-corrected chi connectivity index (χ2v) is 11.5. The van der Waals surface area contributed by atoms with E-state index < -0.39 is 0 Å². The average molecular weight is 439 g/mol. The first kappa shape index (κ1) is 20.2. The van der Waals surface area contributed by atoms with Gasteiger partial charge in [-0.05, 0) is 103 Å². The molecular weight excluding hydrogens is 404 g/mol. The highest BCUT2D eigenvalue weighted by atomic mass is 16.5. The standard InChI is InChI=1S/C30H34N2O/c1-28-11-9-25-16-24-6-3-20(18-31-2)17-29(24)12-13-30(25,33-29)27(28)8-7-26(28)22-5-4-21-10-14-32-19-23(21)15-22/h3-6,9-10,14-16,19-20,26-27,31H,7-8,11-13,17-18H2,1-2H3/t20-,26+,27-,28-,29-,30-/m1/s1. The van der Waals surface area contributed by atoms with Crippen molar-refractivity contribution in [3.05, 3.63) is 77.7 Å². The van der Waals surface area contributed by atoms with Crippen LogP contribution in [0.1, 0.15) is 56.9 Å². The molecule has 7 rings (SSSR count). The van der Waals surface area contributed by atoms with Crippen LogP contribution in [0.5, 0.6) is 0 Å². The lowest BCUT2D eigenvalue weighted by molar-refractivity contribution is -0.131. The molecule has 2 spiro atoms. The zero-order chi connectivity index (χ0) is 22.3. The molecule has 1 N–H and O–H groups in total. The summed E-state index contributed by atoms with van der Waals surface area (Å²) in [6.45, 7) is 3.59. The second kappa shape index (κ2) is 6.90. The third-order valence-electron chi connectivity index (χ3n) is 9.94. The quantitative estimate of drug-likeness (QED) is 0.630. The Hall–Kier alpha value is -2.23. The maximum atomic E-state index is 7.36. The molecule has 6 atom stereocenters. The molecule has 0 radical (unpaired) electrons. The molecule has 2 bridgehead atoms. The van der Waals surface area contributed by atoms with E-state index in [-0.39, 0.29) is 16.6 Å². The number of rotatable bonds is 3. The van der Waals surface area contributed by atoms with E-state index in [1.807, 2.05) is 12.4 Å². The highest BCUT2D eigenvalue weighted by Gasteiger charge is 2.66.